The summed E-state index contributed by atoms with van der Waals surface area (Å²) in [5.74, 6) is 2.60. The number of Topliss-reactive ketones (excluding diaryl/α,β-unsaturated/α-hetero) is 1. The van der Waals surface area contributed by atoms with Crippen molar-refractivity contribution >= 4 is 46.7 Å². The van der Waals surface area contributed by atoms with Gasteiger partial charge in [-0.05, 0) is 55.7 Å². The monoisotopic (exact) mass is 532 g/mol. The predicted octanol–water partition coefficient (Wildman–Crippen LogP) is 6.55. The maximum absolute atomic E-state index is 12.7. The Kier molecular flexibility index (Phi) is 7.94. The zero-order chi connectivity index (χ0) is 25.1. The van der Waals surface area contributed by atoms with Gasteiger partial charge in [0.1, 0.15) is 12.6 Å². The molecule has 0 amide bonds. The van der Waals surface area contributed by atoms with Gasteiger partial charge in [0.2, 0.25) is 11.1 Å². The number of benzene rings is 2. The summed E-state index contributed by atoms with van der Waals surface area (Å²) in [5, 5.41) is 9.58. The van der Waals surface area contributed by atoms with E-state index in [1.54, 1.807) is 42.6 Å². The van der Waals surface area contributed by atoms with Crippen LogP contribution >= 0.6 is 35.0 Å². The lowest BCUT2D eigenvalue weighted by Gasteiger charge is -2.28. The van der Waals surface area contributed by atoms with Crippen molar-refractivity contribution in [2.45, 2.75) is 45.0 Å². The molecule has 1 N–H and O–H groups in total. The zero-order valence-corrected chi connectivity index (χ0v) is 22.2. The van der Waals surface area contributed by atoms with E-state index in [9.17, 15) is 4.79 Å². The minimum absolute atomic E-state index is 0.0391. The van der Waals surface area contributed by atoms with Gasteiger partial charge in [-0.3, -0.25) is 4.79 Å². The van der Waals surface area contributed by atoms with Crippen molar-refractivity contribution in [3.8, 4) is 11.5 Å². The van der Waals surface area contributed by atoms with Crippen LogP contribution in [0.25, 0.3) is 0 Å². The fourth-order valence-corrected chi connectivity index (χ4v) is 4.92. The number of methoxy groups -OCH3 is 1. The molecule has 0 spiro atoms. The third kappa shape index (κ3) is 5.44. The molecule has 0 fully saturated rings. The highest BCUT2D eigenvalue weighted by Crippen LogP contribution is 2.40. The number of nitrogens with one attached hydrogen (secondary N) is 1. The Labute approximate surface area is 218 Å². The van der Waals surface area contributed by atoms with Crippen molar-refractivity contribution in [1.29, 1.82) is 0 Å². The van der Waals surface area contributed by atoms with Gasteiger partial charge in [0.05, 0.1) is 17.2 Å². The smallest absolute Gasteiger partial charge is 0.227 e. The first-order valence-corrected chi connectivity index (χ1v) is 12.9. The van der Waals surface area contributed by atoms with Gasteiger partial charge in [0, 0.05) is 17.0 Å². The zero-order valence-electron chi connectivity index (χ0n) is 19.9. The molecule has 3 aromatic rings. The predicted molar refractivity (Wildman–Crippen MR) is 140 cm³/mol. The van der Waals surface area contributed by atoms with Gasteiger partial charge >= 0.3 is 0 Å². The van der Waals surface area contributed by atoms with E-state index in [0.29, 0.717) is 44.8 Å². The van der Waals surface area contributed by atoms with Crippen molar-refractivity contribution in [1.82, 2.24) is 14.8 Å². The molecule has 35 heavy (non-hydrogen) atoms. The third-order valence-corrected chi connectivity index (χ3v) is 7.31. The van der Waals surface area contributed by atoms with Crippen molar-refractivity contribution in [3.05, 3.63) is 68.8 Å². The average Bonchev–Trinajstić information content (AvgIpc) is 3.24. The molecule has 10 heteroatoms. The van der Waals surface area contributed by atoms with Crippen LogP contribution in [0.1, 0.15) is 44.4 Å². The molecule has 0 aliphatic carbocycles. The van der Waals surface area contributed by atoms with Crippen LogP contribution in [0.5, 0.6) is 11.5 Å². The van der Waals surface area contributed by atoms with Gasteiger partial charge in [-0.25, -0.2) is 4.68 Å². The van der Waals surface area contributed by atoms with E-state index >= 15 is 0 Å². The lowest BCUT2D eigenvalue weighted by atomic mass is 9.93. The Morgan fingerprint density at radius 3 is 2.66 bits per heavy atom. The van der Waals surface area contributed by atoms with E-state index in [4.69, 9.17) is 37.8 Å². The number of rotatable bonds is 9. The summed E-state index contributed by atoms with van der Waals surface area (Å²) >= 11 is 13.7. The molecule has 0 bridgehead atoms. The van der Waals surface area contributed by atoms with Crippen LogP contribution in [0.4, 0.5) is 5.95 Å². The number of nitrogens with zero attached hydrogens (tertiary/aromatic N) is 3. The molecule has 0 saturated heterocycles. The number of ether oxygens (including phenoxy) is 2. The first-order valence-electron chi connectivity index (χ1n) is 11.1. The molecule has 1 unspecified atom stereocenters. The maximum Gasteiger partial charge on any atom is 0.227 e. The van der Waals surface area contributed by atoms with Crippen LogP contribution in [0.15, 0.2) is 52.8 Å². The number of halogens is 2. The molecule has 0 saturated carbocycles. The summed E-state index contributed by atoms with van der Waals surface area (Å²) in [7, 11) is 1.58. The van der Waals surface area contributed by atoms with Crippen LogP contribution < -0.4 is 14.8 Å². The number of carbonyl (C=O) groups excluding carboxylic acids is 1. The highest BCUT2D eigenvalue weighted by Gasteiger charge is 2.33. The Hall–Kier alpha value is -2.68. The third-order valence-electron chi connectivity index (χ3n) is 5.53. The molecule has 184 valence electrons. The minimum atomic E-state index is -0.440. The number of ketones is 1. The van der Waals surface area contributed by atoms with Crippen LogP contribution in [0.3, 0.4) is 0 Å². The highest BCUT2D eigenvalue weighted by molar-refractivity contribution is 7.99. The number of thioether (sulfide) groups is 1. The van der Waals surface area contributed by atoms with E-state index in [0.717, 1.165) is 29.0 Å². The fourth-order valence-electron chi connectivity index (χ4n) is 3.91. The van der Waals surface area contributed by atoms with Gasteiger partial charge < -0.3 is 14.8 Å². The summed E-state index contributed by atoms with van der Waals surface area (Å²) < 4.78 is 13.4. The van der Waals surface area contributed by atoms with E-state index in [1.165, 1.54) is 0 Å². The Morgan fingerprint density at radius 1 is 1.17 bits per heavy atom. The van der Waals surface area contributed by atoms with E-state index in [1.807, 2.05) is 31.2 Å². The molecule has 2 heterocycles. The standard InChI is InChI=1S/C25H26Cl2N4O3S/c1-5-10-35-25-29-24-28-14(2)22(15(3)32)23(31(24)30-25)17-7-9-20(21(12-17)33-4)34-13-16-6-8-18(26)19(27)11-16/h6-9,11-12,23H,5,10,13H2,1-4H3,(H,28,29,30). The van der Waals surface area contributed by atoms with Crippen molar-refractivity contribution in [2.24, 2.45) is 0 Å². The first kappa shape index (κ1) is 25.4. The lowest BCUT2D eigenvalue weighted by Crippen LogP contribution is -2.27. The topological polar surface area (TPSA) is 78.3 Å². The van der Waals surface area contributed by atoms with Crippen LogP contribution in [0.2, 0.25) is 10.0 Å². The van der Waals surface area contributed by atoms with E-state index in [2.05, 4.69) is 17.2 Å². The summed E-state index contributed by atoms with van der Waals surface area (Å²) in [6, 6.07) is 10.6. The van der Waals surface area contributed by atoms with E-state index < -0.39 is 6.04 Å². The van der Waals surface area contributed by atoms with Gasteiger partial charge in [0.25, 0.3) is 0 Å². The second-order valence-electron chi connectivity index (χ2n) is 8.08. The fraction of sp³-hybridized carbons (Fsp3) is 0.320. The molecular weight excluding hydrogens is 507 g/mol. The van der Waals surface area contributed by atoms with Gasteiger partial charge in [-0.1, -0.05) is 54.0 Å². The minimum Gasteiger partial charge on any atom is -0.493 e. The summed E-state index contributed by atoms with van der Waals surface area (Å²) in [6.45, 7) is 5.85. The van der Waals surface area contributed by atoms with Crippen molar-refractivity contribution in [2.75, 3.05) is 18.2 Å². The first-order chi connectivity index (χ1) is 16.8. The highest BCUT2D eigenvalue weighted by atomic mass is 35.5. The van der Waals surface area contributed by atoms with Gasteiger partial charge in [-0.15, -0.1) is 5.10 Å². The Morgan fingerprint density at radius 2 is 1.97 bits per heavy atom. The average molecular weight is 533 g/mol. The Balaban J connectivity index is 1.67. The lowest BCUT2D eigenvalue weighted by molar-refractivity contribution is -0.114. The van der Waals surface area contributed by atoms with Crippen LogP contribution in [-0.4, -0.2) is 33.4 Å². The number of fused-ring (bicyclic) bond motifs is 1. The molecular formula is C25H26Cl2N4O3S. The molecule has 1 aromatic heterocycles. The summed E-state index contributed by atoms with van der Waals surface area (Å²) in [4.78, 5) is 17.3. The second kappa shape index (κ2) is 10.9. The largest absolute Gasteiger partial charge is 0.493 e. The van der Waals surface area contributed by atoms with E-state index in [-0.39, 0.29) is 5.78 Å². The summed E-state index contributed by atoms with van der Waals surface area (Å²) in [5.41, 5.74) is 3.10. The number of hydrogen-bond donors (Lipinski definition) is 1. The molecule has 2 aromatic carbocycles. The van der Waals surface area contributed by atoms with Crippen LogP contribution in [-0.2, 0) is 11.4 Å². The molecule has 0 radical (unpaired) electrons. The SMILES string of the molecule is CCCSc1nc2n(n1)C(c1ccc(OCc3ccc(Cl)c(Cl)c3)c(OC)c1)C(C(C)=O)=C(C)N2. The Bertz CT molecular complexity index is 1290. The molecule has 1 aliphatic heterocycles. The van der Waals surface area contributed by atoms with Crippen LogP contribution in [0, 0.1) is 0 Å². The molecule has 1 aliphatic rings. The molecule has 4 rings (SSSR count). The van der Waals surface area contributed by atoms with Gasteiger partial charge in [0.15, 0.2) is 17.3 Å². The maximum atomic E-state index is 12.7. The van der Waals surface area contributed by atoms with Gasteiger partial charge in [-0.2, -0.15) is 4.98 Å². The second-order valence-corrected chi connectivity index (χ2v) is 9.96. The van der Waals surface area contributed by atoms with Crippen molar-refractivity contribution in [3.63, 3.8) is 0 Å². The quantitative estimate of drug-likeness (QED) is 0.313. The molecule has 7 nitrogen and oxygen atoms in total. The number of aromatic nitrogens is 3. The number of carbonyl (C=O) groups is 1. The number of hydrogen-bond acceptors (Lipinski definition) is 7. The summed E-state index contributed by atoms with van der Waals surface area (Å²) in [6.07, 6.45) is 1.02. The normalized spacial score (nSPS) is 15.0. The molecule has 1 atom stereocenters. The number of allylic oxidation sites excluding steroid dienone is 2. The van der Waals surface area contributed by atoms with Crippen molar-refractivity contribution < 1.29 is 14.3 Å². The number of anilines is 1.